The van der Waals surface area contributed by atoms with Crippen molar-refractivity contribution < 1.29 is 28.2 Å². The summed E-state index contributed by atoms with van der Waals surface area (Å²) in [5, 5.41) is 2.67. The summed E-state index contributed by atoms with van der Waals surface area (Å²) in [5.41, 5.74) is 3.29. The Morgan fingerprint density at radius 2 is 1.54 bits per heavy atom. The summed E-state index contributed by atoms with van der Waals surface area (Å²) < 4.78 is 29.4. The Kier molecular flexibility index (Phi) is 8.25. The first-order valence-electron chi connectivity index (χ1n) is 11.6. The van der Waals surface area contributed by atoms with Crippen LogP contribution in [0.3, 0.4) is 0 Å². The van der Waals surface area contributed by atoms with Gasteiger partial charge < -0.3 is 19.5 Å². The lowest BCUT2D eigenvalue weighted by Crippen LogP contribution is -2.43. The van der Waals surface area contributed by atoms with Crippen molar-refractivity contribution in [2.45, 2.75) is 19.4 Å². The molecular formula is C28H26FN3O5. The lowest BCUT2D eigenvalue weighted by atomic mass is 10.1. The van der Waals surface area contributed by atoms with Crippen LogP contribution in [0.25, 0.3) is 11.0 Å². The molecule has 9 heteroatoms. The van der Waals surface area contributed by atoms with Crippen LogP contribution in [-0.4, -0.2) is 48.2 Å². The van der Waals surface area contributed by atoms with E-state index in [0.29, 0.717) is 28.5 Å². The van der Waals surface area contributed by atoms with Crippen LogP contribution in [0, 0.1) is 12.7 Å². The fourth-order valence-electron chi connectivity index (χ4n) is 3.64. The Balaban J connectivity index is 1.29. The molecule has 1 atom stereocenters. The molecule has 0 saturated heterocycles. The summed E-state index contributed by atoms with van der Waals surface area (Å²) in [6.45, 7) is 2.37. The zero-order chi connectivity index (χ0) is 26.2. The lowest BCUT2D eigenvalue weighted by Gasteiger charge is -2.17. The highest BCUT2D eigenvalue weighted by molar-refractivity contribution is 5.97. The van der Waals surface area contributed by atoms with Gasteiger partial charge in [-0.25, -0.2) is 19.2 Å². The molecule has 3 aromatic carbocycles. The predicted octanol–water partition coefficient (Wildman–Crippen LogP) is 4.05. The maximum Gasteiger partial charge on any atom is 0.328 e. The smallest absolute Gasteiger partial charge is 0.328 e. The molecule has 1 unspecified atom stereocenters. The number of fused-ring (bicyclic) bond motifs is 1. The predicted molar refractivity (Wildman–Crippen MR) is 135 cm³/mol. The number of benzene rings is 3. The van der Waals surface area contributed by atoms with Gasteiger partial charge in [-0.1, -0.05) is 24.3 Å². The number of para-hydroxylation sites is 2. The van der Waals surface area contributed by atoms with Crippen molar-refractivity contribution >= 4 is 22.9 Å². The fraction of sp³-hybridized carbons (Fsp3) is 0.214. The molecule has 1 N–H and O–H groups in total. The topological polar surface area (TPSA) is 99.6 Å². The zero-order valence-corrected chi connectivity index (χ0v) is 20.4. The highest BCUT2D eigenvalue weighted by Crippen LogP contribution is 2.18. The highest BCUT2D eigenvalue weighted by Gasteiger charge is 2.22. The molecule has 37 heavy (non-hydrogen) atoms. The number of hydrogen-bond acceptors (Lipinski definition) is 7. The minimum absolute atomic E-state index is 0.168. The number of carbonyl (C=O) groups is 2. The molecule has 0 aliphatic carbocycles. The van der Waals surface area contributed by atoms with E-state index in [2.05, 4.69) is 15.3 Å². The molecule has 190 valence electrons. The number of nitrogens with one attached hydrogen (secondary N) is 1. The van der Waals surface area contributed by atoms with Gasteiger partial charge >= 0.3 is 5.97 Å². The zero-order valence-electron chi connectivity index (χ0n) is 20.4. The third-order valence-electron chi connectivity index (χ3n) is 5.55. The van der Waals surface area contributed by atoms with Crippen molar-refractivity contribution in [2.24, 2.45) is 0 Å². The number of aromatic nitrogens is 2. The number of methoxy groups -OCH3 is 1. The normalized spacial score (nSPS) is 11.5. The number of rotatable bonds is 10. The minimum atomic E-state index is -0.919. The Bertz CT molecular complexity index is 1380. The highest BCUT2D eigenvalue weighted by atomic mass is 19.1. The summed E-state index contributed by atoms with van der Waals surface area (Å²) >= 11 is 0. The van der Waals surface area contributed by atoms with E-state index in [1.165, 1.54) is 19.2 Å². The molecule has 0 aliphatic heterocycles. The van der Waals surface area contributed by atoms with E-state index in [-0.39, 0.29) is 25.5 Å². The molecule has 0 aliphatic rings. The molecule has 0 spiro atoms. The second-order valence-corrected chi connectivity index (χ2v) is 8.20. The third kappa shape index (κ3) is 6.78. The summed E-state index contributed by atoms with van der Waals surface area (Å²) in [5.74, 6) is -0.414. The van der Waals surface area contributed by atoms with Crippen LogP contribution < -0.4 is 14.8 Å². The number of aryl methyl sites for hydroxylation is 1. The first-order valence-corrected chi connectivity index (χ1v) is 11.6. The van der Waals surface area contributed by atoms with Gasteiger partial charge in [0.25, 0.3) is 5.91 Å². The average Bonchev–Trinajstić information content (AvgIpc) is 2.92. The number of halogens is 1. The summed E-state index contributed by atoms with van der Waals surface area (Å²) in [7, 11) is 1.25. The quantitative estimate of drug-likeness (QED) is 0.257. The molecule has 0 radical (unpaired) electrons. The van der Waals surface area contributed by atoms with Gasteiger partial charge in [-0.3, -0.25) is 4.79 Å². The largest absolute Gasteiger partial charge is 0.490 e. The van der Waals surface area contributed by atoms with Crippen LogP contribution in [0.5, 0.6) is 11.6 Å². The Hall–Kier alpha value is -4.53. The summed E-state index contributed by atoms with van der Waals surface area (Å²) in [4.78, 5) is 33.9. The lowest BCUT2D eigenvalue weighted by molar-refractivity contribution is -0.142. The Morgan fingerprint density at radius 3 is 2.22 bits per heavy atom. The van der Waals surface area contributed by atoms with Gasteiger partial charge in [0.1, 0.15) is 36.5 Å². The van der Waals surface area contributed by atoms with Crippen LogP contribution in [0.15, 0.2) is 72.8 Å². The Morgan fingerprint density at radius 1 is 0.892 bits per heavy atom. The number of esters is 1. The van der Waals surface area contributed by atoms with Crippen LogP contribution >= 0.6 is 0 Å². The van der Waals surface area contributed by atoms with Gasteiger partial charge in [-0.15, -0.1) is 0 Å². The summed E-state index contributed by atoms with van der Waals surface area (Å²) in [6.07, 6.45) is 0.168. The molecule has 1 heterocycles. The molecule has 4 rings (SSSR count). The average molecular weight is 504 g/mol. The molecule has 0 fully saturated rings. The van der Waals surface area contributed by atoms with E-state index >= 15 is 0 Å². The van der Waals surface area contributed by atoms with Crippen LogP contribution in [-0.2, 0) is 16.0 Å². The van der Waals surface area contributed by atoms with Crippen LogP contribution in [0.4, 0.5) is 4.39 Å². The molecule has 4 aromatic rings. The van der Waals surface area contributed by atoms with Crippen molar-refractivity contribution in [2.75, 3.05) is 20.3 Å². The Labute approximate surface area is 213 Å². The third-order valence-corrected chi connectivity index (χ3v) is 5.55. The van der Waals surface area contributed by atoms with Crippen molar-refractivity contribution in [3.8, 4) is 11.6 Å². The van der Waals surface area contributed by atoms with E-state index in [9.17, 15) is 14.0 Å². The summed E-state index contributed by atoms with van der Waals surface area (Å²) in [6, 6.07) is 18.9. The number of nitrogens with zero attached hydrogens (tertiary/aromatic N) is 2. The fourth-order valence-corrected chi connectivity index (χ4v) is 3.64. The molecular weight excluding hydrogens is 477 g/mol. The van der Waals surface area contributed by atoms with E-state index in [1.54, 1.807) is 36.4 Å². The first kappa shape index (κ1) is 25.6. The van der Waals surface area contributed by atoms with E-state index < -0.39 is 17.9 Å². The van der Waals surface area contributed by atoms with Crippen molar-refractivity contribution in [3.05, 3.63) is 95.4 Å². The second-order valence-electron chi connectivity index (χ2n) is 8.20. The minimum Gasteiger partial charge on any atom is -0.490 e. The number of amides is 1. The SMILES string of the molecule is COC(=O)C(Cc1ccc(F)cc1)NC(=O)c1ccc(OCCOc2nc3ccccc3nc2C)cc1. The standard InChI is InChI=1S/C28H26FN3O5/c1-18-27(32-24-6-4-3-5-23(24)30-18)37-16-15-36-22-13-9-20(10-14-22)26(33)31-25(28(34)35-2)17-19-7-11-21(29)12-8-19/h3-14,25H,15-17H2,1-2H3,(H,31,33). The van der Waals surface area contributed by atoms with Gasteiger partial charge in [0.15, 0.2) is 0 Å². The maximum absolute atomic E-state index is 13.2. The molecule has 0 bridgehead atoms. The number of hydrogen-bond donors (Lipinski definition) is 1. The van der Waals surface area contributed by atoms with Crippen LogP contribution in [0.1, 0.15) is 21.6 Å². The van der Waals surface area contributed by atoms with Crippen molar-refractivity contribution in [1.29, 1.82) is 0 Å². The number of carbonyl (C=O) groups excluding carboxylic acids is 2. The van der Waals surface area contributed by atoms with E-state index in [0.717, 1.165) is 11.0 Å². The van der Waals surface area contributed by atoms with Crippen molar-refractivity contribution in [1.82, 2.24) is 15.3 Å². The van der Waals surface area contributed by atoms with Crippen LogP contribution in [0.2, 0.25) is 0 Å². The van der Waals surface area contributed by atoms with Crippen molar-refractivity contribution in [3.63, 3.8) is 0 Å². The molecule has 1 aromatic heterocycles. The molecule has 8 nitrogen and oxygen atoms in total. The van der Waals surface area contributed by atoms with E-state index in [4.69, 9.17) is 14.2 Å². The van der Waals surface area contributed by atoms with E-state index in [1.807, 2.05) is 31.2 Å². The monoisotopic (exact) mass is 503 g/mol. The molecule has 1 amide bonds. The first-order chi connectivity index (χ1) is 17.9. The second kappa shape index (κ2) is 11.9. The van der Waals surface area contributed by atoms with Gasteiger partial charge in [0.2, 0.25) is 5.88 Å². The maximum atomic E-state index is 13.2. The molecule has 0 saturated carbocycles. The number of ether oxygens (including phenoxy) is 3. The van der Waals surface area contributed by atoms with Gasteiger partial charge in [0, 0.05) is 12.0 Å². The van der Waals surface area contributed by atoms with Gasteiger partial charge in [-0.2, -0.15) is 0 Å². The van der Waals surface area contributed by atoms with Gasteiger partial charge in [0.05, 0.1) is 18.1 Å². The van der Waals surface area contributed by atoms with Gasteiger partial charge in [-0.05, 0) is 61.0 Å².